The molecule has 0 aromatic heterocycles. The van der Waals surface area contributed by atoms with E-state index in [1.165, 1.54) is 0 Å². The maximum Gasteiger partial charge on any atom is 0.408 e. The van der Waals surface area contributed by atoms with E-state index in [-0.39, 0.29) is 12.0 Å². The molecule has 0 fully saturated rings. The molecule has 0 saturated heterocycles. The number of ether oxygens (including phenoxy) is 1. The van der Waals surface area contributed by atoms with Crippen molar-refractivity contribution in [2.75, 3.05) is 0 Å². The number of benzene rings is 1. The molecule has 1 aromatic carbocycles. The Labute approximate surface area is 132 Å². The van der Waals surface area contributed by atoms with Gasteiger partial charge in [0.15, 0.2) is 0 Å². The van der Waals surface area contributed by atoms with Crippen LogP contribution >= 0.6 is 0 Å². The Kier molecular flexibility index (Phi) is 6.10. The summed E-state index contributed by atoms with van der Waals surface area (Å²) in [6, 6.07) is 1.51. The number of hydrogen-bond donors (Lipinski definition) is 1. The molecule has 6 nitrogen and oxygen atoms in total. The second-order valence-corrected chi connectivity index (χ2v) is 5.79. The van der Waals surface area contributed by atoms with E-state index >= 15 is 0 Å². The fraction of sp³-hybridized carbons (Fsp3) is 0.400. The van der Waals surface area contributed by atoms with Gasteiger partial charge >= 0.3 is 12.3 Å². The number of Topliss-reactive ketones (excluding diaryl/α,β-unsaturated/α-hetero) is 1. The van der Waals surface area contributed by atoms with E-state index < -0.39 is 35.2 Å². The number of carbonyl (C=O) groups is 2. The van der Waals surface area contributed by atoms with Crippen LogP contribution in [0.25, 0.3) is 5.53 Å². The molecule has 1 N–H and O–H groups in total. The molecule has 0 bridgehead atoms. The molecule has 1 rings (SSSR count). The predicted octanol–water partition coefficient (Wildman–Crippen LogP) is 2.27. The molecule has 1 atom stereocenters. The summed E-state index contributed by atoms with van der Waals surface area (Å²) in [6.45, 7) is 4.89. The molecule has 0 saturated carbocycles. The largest absolute Gasteiger partial charge is 0.444 e. The lowest BCUT2D eigenvalue weighted by molar-refractivity contribution is -0.118. The zero-order chi connectivity index (χ0) is 17.6. The minimum absolute atomic E-state index is 0.106. The maximum atomic E-state index is 13.7. The molecule has 0 unspecified atom stereocenters. The smallest absolute Gasteiger partial charge is 0.408 e. The quantitative estimate of drug-likeness (QED) is 0.511. The van der Waals surface area contributed by atoms with Crippen molar-refractivity contribution in [3.05, 3.63) is 40.9 Å². The highest BCUT2D eigenvalue weighted by molar-refractivity contribution is 6.28. The summed E-state index contributed by atoms with van der Waals surface area (Å²) in [7, 11) is 0. The lowest BCUT2D eigenvalue weighted by Gasteiger charge is -2.22. The Bertz CT molecular complexity index is 650. The van der Waals surface area contributed by atoms with Crippen molar-refractivity contribution in [1.82, 2.24) is 5.32 Å². The van der Waals surface area contributed by atoms with Crippen molar-refractivity contribution in [3.63, 3.8) is 0 Å². The van der Waals surface area contributed by atoms with Crippen LogP contribution in [0.5, 0.6) is 0 Å². The lowest BCUT2D eigenvalue weighted by atomic mass is 10.0. The van der Waals surface area contributed by atoms with Gasteiger partial charge in [0, 0.05) is 6.42 Å². The van der Waals surface area contributed by atoms with Gasteiger partial charge in [-0.2, -0.15) is 4.79 Å². The normalized spacial score (nSPS) is 12.0. The number of nitrogens with zero attached hydrogens (tertiary/aromatic N) is 2. The zero-order valence-corrected chi connectivity index (χ0v) is 13.0. The summed E-state index contributed by atoms with van der Waals surface area (Å²) < 4.78 is 31.9. The van der Waals surface area contributed by atoms with Gasteiger partial charge in [-0.25, -0.2) is 13.6 Å². The number of rotatable bonds is 5. The molecule has 0 radical (unpaired) electrons. The molecule has 1 amide bonds. The summed E-state index contributed by atoms with van der Waals surface area (Å²) in [5, 5.41) is 2.25. The lowest BCUT2D eigenvalue weighted by Crippen LogP contribution is -2.45. The van der Waals surface area contributed by atoms with Crippen LogP contribution in [0.1, 0.15) is 26.3 Å². The molecule has 124 valence electrons. The third-order valence-corrected chi connectivity index (χ3v) is 2.65. The summed E-state index contributed by atoms with van der Waals surface area (Å²) in [4.78, 5) is 26.2. The minimum atomic E-state index is -1.27. The van der Waals surface area contributed by atoms with Crippen molar-refractivity contribution < 1.29 is 27.9 Å². The van der Waals surface area contributed by atoms with Crippen LogP contribution in [-0.2, 0) is 16.0 Å². The highest BCUT2D eigenvalue weighted by Crippen LogP contribution is 2.13. The molecular weight excluding hydrogens is 308 g/mol. The van der Waals surface area contributed by atoms with Gasteiger partial charge in [0.05, 0.1) is 0 Å². The van der Waals surface area contributed by atoms with Crippen molar-refractivity contribution in [2.45, 2.75) is 38.8 Å². The average molecular weight is 325 g/mol. The molecule has 0 spiro atoms. The molecule has 0 aliphatic carbocycles. The van der Waals surface area contributed by atoms with Crippen LogP contribution in [0, 0.1) is 11.6 Å². The van der Waals surface area contributed by atoms with Crippen molar-refractivity contribution >= 4 is 18.1 Å². The van der Waals surface area contributed by atoms with E-state index in [0.717, 1.165) is 18.2 Å². The fourth-order valence-electron chi connectivity index (χ4n) is 1.74. The molecule has 0 aliphatic heterocycles. The number of amides is 1. The van der Waals surface area contributed by atoms with Gasteiger partial charge in [0.2, 0.25) is 0 Å². The van der Waals surface area contributed by atoms with Crippen molar-refractivity contribution in [1.29, 1.82) is 0 Å². The fourth-order valence-corrected chi connectivity index (χ4v) is 1.74. The molecule has 0 aliphatic rings. The first-order valence-electron chi connectivity index (χ1n) is 6.77. The maximum absolute atomic E-state index is 13.7. The van der Waals surface area contributed by atoms with Crippen molar-refractivity contribution in [3.8, 4) is 0 Å². The molecule has 0 heterocycles. The van der Waals surface area contributed by atoms with E-state index in [4.69, 9.17) is 10.3 Å². The van der Waals surface area contributed by atoms with Crippen LogP contribution in [0.4, 0.5) is 13.6 Å². The highest BCUT2D eigenvalue weighted by atomic mass is 19.1. The Morgan fingerprint density at radius 2 is 2.04 bits per heavy atom. The standard InChI is InChI=1S/C15H17F2N3O3/c1-15(2,3)23-14(22)20-12(13(21)8-19-18)7-9-6-10(16)4-5-11(9)17/h4-6,8,12H,7H2,1-3H3,(H,20,22)/t12-/m1/s1. The number of nitrogens with one attached hydrogen (secondary N) is 1. The first-order chi connectivity index (χ1) is 10.6. The van der Waals surface area contributed by atoms with Gasteiger partial charge in [-0.15, -0.1) is 0 Å². The SMILES string of the molecule is CC(C)(C)OC(=O)N[C@H](Cc1cc(F)ccc1F)C(=O)C=[N+]=[N-]. The number of ketones is 1. The Morgan fingerprint density at radius 1 is 1.39 bits per heavy atom. The van der Waals surface area contributed by atoms with Gasteiger partial charge < -0.3 is 15.6 Å². The Morgan fingerprint density at radius 3 is 2.61 bits per heavy atom. The summed E-state index contributed by atoms with van der Waals surface area (Å²) in [5.41, 5.74) is 7.54. The molecular formula is C15H17F2N3O3. The molecule has 8 heteroatoms. The summed E-state index contributed by atoms with van der Waals surface area (Å²) in [5.74, 6) is -2.20. The highest BCUT2D eigenvalue weighted by Gasteiger charge is 2.26. The van der Waals surface area contributed by atoms with E-state index in [1.54, 1.807) is 20.8 Å². The monoisotopic (exact) mass is 325 g/mol. The van der Waals surface area contributed by atoms with Gasteiger partial charge in [0.25, 0.3) is 5.78 Å². The Balaban J connectivity index is 2.97. The van der Waals surface area contributed by atoms with Crippen LogP contribution in [0.15, 0.2) is 18.2 Å². The van der Waals surface area contributed by atoms with E-state index in [2.05, 4.69) is 10.1 Å². The van der Waals surface area contributed by atoms with Crippen molar-refractivity contribution in [2.24, 2.45) is 0 Å². The number of halogens is 2. The topological polar surface area (TPSA) is 91.8 Å². The van der Waals surface area contributed by atoms with E-state index in [1.807, 2.05) is 0 Å². The number of hydrogen-bond acceptors (Lipinski definition) is 3. The first-order valence-corrected chi connectivity index (χ1v) is 6.77. The number of alkyl carbamates (subject to hydrolysis) is 1. The first kappa shape index (κ1) is 18.4. The predicted molar refractivity (Wildman–Crippen MR) is 77.9 cm³/mol. The minimum Gasteiger partial charge on any atom is -0.444 e. The van der Waals surface area contributed by atoms with Crippen LogP contribution in [-0.4, -0.2) is 34.5 Å². The third kappa shape index (κ3) is 6.36. The van der Waals surface area contributed by atoms with Crippen LogP contribution < -0.4 is 5.32 Å². The third-order valence-electron chi connectivity index (χ3n) is 2.65. The van der Waals surface area contributed by atoms with Crippen LogP contribution in [0.2, 0.25) is 0 Å². The van der Waals surface area contributed by atoms with Crippen LogP contribution in [0.3, 0.4) is 0 Å². The van der Waals surface area contributed by atoms with Gasteiger partial charge in [-0.3, -0.25) is 4.79 Å². The van der Waals surface area contributed by atoms with Gasteiger partial charge in [0.1, 0.15) is 23.3 Å². The zero-order valence-electron chi connectivity index (χ0n) is 13.0. The second kappa shape index (κ2) is 7.60. The molecule has 1 aromatic rings. The summed E-state index contributed by atoms with van der Waals surface area (Å²) in [6.07, 6.45) is -0.661. The molecule has 23 heavy (non-hydrogen) atoms. The number of carbonyl (C=O) groups excluding carboxylic acids is 2. The van der Waals surface area contributed by atoms with Gasteiger partial charge in [-0.05, 0) is 44.5 Å². The Hall–Kier alpha value is -2.60. The van der Waals surface area contributed by atoms with E-state index in [9.17, 15) is 18.4 Å². The second-order valence-electron chi connectivity index (χ2n) is 5.79. The average Bonchev–Trinajstić information content (AvgIpc) is 2.40. The van der Waals surface area contributed by atoms with Gasteiger partial charge in [-0.1, -0.05) is 0 Å². The van der Waals surface area contributed by atoms with E-state index in [0.29, 0.717) is 6.21 Å². The summed E-state index contributed by atoms with van der Waals surface area (Å²) >= 11 is 0.